The Morgan fingerprint density at radius 2 is 1.97 bits per heavy atom. The predicted octanol–water partition coefficient (Wildman–Crippen LogP) is 2.96. The van der Waals surface area contributed by atoms with Crippen LogP contribution >= 0.6 is 0 Å². The zero-order valence-corrected chi connectivity index (χ0v) is 17.0. The second-order valence-electron chi connectivity index (χ2n) is 8.00. The molecule has 30 heavy (non-hydrogen) atoms. The molecule has 0 radical (unpaired) electrons. The fraction of sp³-hybridized carbons (Fsp3) is 0.500. The molecule has 8 heteroatoms. The maximum absolute atomic E-state index is 13.1. The number of piperidine rings is 1. The SMILES string of the molecule is CCc1cc(C(=O)NC[C@H]2CCC3(CCN(C(=O)c4ccc(F)cc4)CC3)O2)no1. The van der Waals surface area contributed by atoms with Crippen LogP contribution in [0.2, 0.25) is 0 Å². The average Bonchev–Trinajstić information content (AvgIpc) is 3.40. The molecule has 0 bridgehead atoms. The molecule has 2 aromatic rings. The first-order chi connectivity index (χ1) is 14.5. The molecule has 4 rings (SSSR count). The Morgan fingerprint density at radius 1 is 1.23 bits per heavy atom. The van der Waals surface area contributed by atoms with Gasteiger partial charge in [-0.25, -0.2) is 4.39 Å². The van der Waals surface area contributed by atoms with E-state index in [4.69, 9.17) is 9.26 Å². The van der Waals surface area contributed by atoms with Crippen LogP contribution in [0.25, 0.3) is 0 Å². The Bertz CT molecular complexity index is 903. The summed E-state index contributed by atoms with van der Waals surface area (Å²) in [5, 5.41) is 6.66. The lowest BCUT2D eigenvalue weighted by Gasteiger charge is -2.39. The van der Waals surface area contributed by atoms with Crippen LogP contribution in [0, 0.1) is 5.82 Å². The van der Waals surface area contributed by atoms with Gasteiger partial charge in [0.05, 0.1) is 11.7 Å². The number of nitrogens with one attached hydrogen (secondary N) is 1. The first-order valence-electron chi connectivity index (χ1n) is 10.4. The van der Waals surface area contributed by atoms with Crippen molar-refractivity contribution in [1.82, 2.24) is 15.4 Å². The highest BCUT2D eigenvalue weighted by molar-refractivity contribution is 5.94. The van der Waals surface area contributed by atoms with Crippen molar-refractivity contribution in [2.24, 2.45) is 0 Å². The van der Waals surface area contributed by atoms with Gasteiger partial charge in [0.15, 0.2) is 5.69 Å². The van der Waals surface area contributed by atoms with Crippen LogP contribution in [0.15, 0.2) is 34.9 Å². The van der Waals surface area contributed by atoms with E-state index in [-0.39, 0.29) is 35.0 Å². The summed E-state index contributed by atoms with van der Waals surface area (Å²) in [7, 11) is 0. The van der Waals surface area contributed by atoms with Crippen molar-refractivity contribution in [1.29, 1.82) is 0 Å². The van der Waals surface area contributed by atoms with Crippen molar-refractivity contribution >= 4 is 11.8 Å². The molecular formula is C22H26FN3O4. The summed E-state index contributed by atoms with van der Waals surface area (Å²) in [6, 6.07) is 7.30. The number of likely N-dealkylation sites (tertiary alicyclic amines) is 1. The van der Waals surface area contributed by atoms with Crippen molar-refractivity contribution < 1.29 is 23.2 Å². The third kappa shape index (κ3) is 4.38. The molecular weight excluding hydrogens is 389 g/mol. The average molecular weight is 415 g/mol. The fourth-order valence-electron chi connectivity index (χ4n) is 4.18. The molecule has 1 aromatic heterocycles. The van der Waals surface area contributed by atoms with Gasteiger partial charge in [0.1, 0.15) is 11.6 Å². The molecule has 1 N–H and O–H groups in total. The maximum atomic E-state index is 13.1. The van der Waals surface area contributed by atoms with Gasteiger partial charge in [-0.05, 0) is 49.9 Å². The molecule has 2 fully saturated rings. The molecule has 2 aliphatic heterocycles. The summed E-state index contributed by atoms with van der Waals surface area (Å²) in [6.45, 7) is 3.57. The van der Waals surface area contributed by atoms with Gasteiger partial charge in [-0.3, -0.25) is 9.59 Å². The fourth-order valence-corrected chi connectivity index (χ4v) is 4.18. The van der Waals surface area contributed by atoms with E-state index in [2.05, 4.69) is 10.5 Å². The third-order valence-electron chi connectivity index (χ3n) is 6.02. The number of halogens is 1. The van der Waals surface area contributed by atoms with Crippen LogP contribution in [0.5, 0.6) is 0 Å². The molecule has 160 valence electrons. The quantitative estimate of drug-likeness (QED) is 0.812. The molecule has 3 heterocycles. The Labute approximate surface area is 174 Å². The van der Waals surface area contributed by atoms with Gasteiger partial charge < -0.3 is 19.5 Å². The van der Waals surface area contributed by atoms with Crippen LogP contribution in [0.4, 0.5) is 4.39 Å². The number of ether oxygens (including phenoxy) is 1. The topological polar surface area (TPSA) is 84.7 Å². The number of benzene rings is 1. The van der Waals surface area contributed by atoms with Gasteiger partial charge in [-0.1, -0.05) is 12.1 Å². The summed E-state index contributed by atoms with van der Waals surface area (Å²) in [5.74, 6) is -0.0115. The molecule has 0 saturated carbocycles. The van der Waals surface area contributed by atoms with Crippen molar-refractivity contribution in [3.63, 3.8) is 0 Å². The lowest BCUT2D eigenvalue weighted by atomic mass is 9.88. The van der Waals surface area contributed by atoms with Crippen LogP contribution in [0.3, 0.4) is 0 Å². The Balaban J connectivity index is 1.25. The van der Waals surface area contributed by atoms with Gasteiger partial charge in [0, 0.05) is 37.7 Å². The number of amides is 2. The Kier molecular flexibility index (Phi) is 5.85. The van der Waals surface area contributed by atoms with Gasteiger partial charge >= 0.3 is 0 Å². The molecule has 2 aliphatic rings. The van der Waals surface area contributed by atoms with Crippen molar-refractivity contribution in [2.75, 3.05) is 19.6 Å². The largest absolute Gasteiger partial charge is 0.370 e. The molecule has 0 aliphatic carbocycles. The van der Waals surface area contributed by atoms with E-state index in [1.807, 2.05) is 6.92 Å². The normalized spacial score (nSPS) is 20.5. The van der Waals surface area contributed by atoms with Gasteiger partial charge in [-0.2, -0.15) is 0 Å². The van der Waals surface area contributed by atoms with E-state index in [1.165, 1.54) is 24.3 Å². The van der Waals surface area contributed by atoms with Crippen molar-refractivity contribution in [2.45, 2.75) is 50.7 Å². The first-order valence-corrected chi connectivity index (χ1v) is 10.4. The summed E-state index contributed by atoms with van der Waals surface area (Å²) < 4.78 is 24.5. The zero-order chi connectivity index (χ0) is 21.1. The van der Waals surface area contributed by atoms with E-state index < -0.39 is 0 Å². The lowest BCUT2D eigenvalue weighted by Crippen LogP contribution is -2.47. The smallest absolute Gasteiger partial charge is 0.273 e. The van der Waals surface area contributed by atoms with Crippen LogP contribution in [0.1, 0.15) is 59.2 Å². The molecule has 1 atom stereocenters. The third-order valence-corrected chi connectivity index (χ3v) is 6.02. The number of carbonyl (C=O) groups is 2. The highest BCUT2D eigenvalue weighted by Gasteiger charge is 2.43. The zero-order valence-electron chi connectivity index (χ0n) is 17.0. The second kappa shape index (κ2) is 8.55. The van der Waals surface area contributed by atoms with Crippen LogP contribution < -0.4 is 5.32 Å². The Hall–Kier alpha value is -2.74. The van der Waals surface area contributed by atoms with Crippen molar-refractivity contribution in [3.05, 3.63) is 53.2 Å². The number of carbonyl (C=O) groups excluding carboxylic acids is 2. The number of aryl methyl sites for hydroxylation is 1. The summed E-state index contributed by atoms with van der Waals surface area (Å²) >= 11 is 0. The van der Waals surface area contributed by atoms with Gasteiger partial charge in [-0.15, -0.1) is 0 Å². The van der Waals surface area contributed by atoms with Crippen LogP contribution in [-0.4, -0.2) is 53.2 Å². The Morgan fingerprint density at radius 3 is 2.63 bits per heavy atom. The first kappa shape index (κ1) is 20.5. The van der Waals surface area contributed by atoms with Crippen molar-refractivity contribution in [3.8, 4) is 0 Å². The minimum atomic E-state index is -0.351. The molecule has 7 nitrogen and oxygen atoms in total. The van der Waals surface area contributed by atoms with E-state index in [9.17, 15) is 14.0 Å². The highest BCUT2D eigenvalue weighted by Crippen LogP contribution is 2.39. The summed E-state index contributed by atoms with van der Waals surface area (Å²) in [6.07, 6.45) is 3.93. The number of aromatic nitrogens is 1. The highest BCUT2D eigenvalue weighted by atomic mass is 19.1. The minimum Gasteiger partial charge on any atom is -0.370 e. The molecule has 1 aromatic carbocycles. The lowest BCUT2D eigenvalue weighted by molar-refractivity contribution is -0.0712. The molecule has 1 spiro atoms. The second-order valence-corrected chi connectivity index (χ2v) is 8.00. The number of hydrogen-bond donors (Lipinski definition) is 1. The van der Waals surface area contributed by atoms with Gasteiger partial charge in [0.25, 0.3) is 11.8 Å². The van der Waals surface area contributed by atoms with Crippen LogP contribution in [-0.2, 0) is 11.2 Å². The molecule has 0 unspecified atom stereocenters. The minimum absolute atomic E-state index is 0.0501. The van der Waals surface area contributed by atoms with E-state index >= 15 is 0 Å². The molecule has 2 saturated heterocycles. The van der Waals surface area contributed by atoms with E-state index in [0.717, 1.165) is 25.7 Å². The predicted molar refractivity (Wildman–Crippen MR) is 107 cm³/mol. The number of nitrogens with zero attached hydrogens (tertiary/aromatic N) is 2. The van der Waals surface area contributed by atoms with E-state index in [0.29, 0.717) is 37.4 Å². The molecule has 2 amide bonds. The number of rotatable bonds is 5. The maximum Gasteiger partial charge on any atom is 0.273 e. The standard InChI is InChI=1S/C22H26FN3O4/c1-2-17-13-19(25-30-17)20(27)24-14-18-7-8-22(29-18)9-11-26(12-10-22)21(28)15-3-5-16(23)6-4-15/h3-6,13,18H,2,7-12,14H2,1H3,(H,24,27)/t18-/m1/s1. The van der Waals surface area contributed by atoms with Gasteiger partial charge in [0.2, 0.25) is 0 Å². The monoisotopic (exact) mass is 415 g/mol. The van der Waals surface area contributed by atoms with E-state index in [1.54, 1.807) is 11.0 Å². The number of hydrogen-bond acceptors (Lipinski definition) is 5. The summed E-state index contributed by atoms with van der Waals surface area (Å²) in [4.78, 5) is 26.6. The summed E-state index contributed by atoms with van der Waals surface area (Å²) in [5.41, 5.74) is 0.546.